The minimum Gasteiger partial charge on any atom is -0.366 e. The van der Waals surface area contributed by atoms with E-state index in [9.17, 15) is 18.0 Å². The number of aryl methyl sites for hydroxylation is 1. The standard InChI is InChI=1S/C18H13F3N2O/c1-10-14(17(22)24)15(11-6-3-2-4-7-11)12-8-5-9-13(16(12)23-10)18(19,20)21/h2-9H,1H3,(H2,22,24). The van der Waals surface area contributed by atoms with Crippen molar-refractivity contribution in [1.29, 1.82) is 0 Å². The van der Waals surface area contributed by atoms with Crippen LogP contribution < -0.4 is 5.73 Å². The second-order valence-electron chi connectivity index (χ2n) is 5.38. The number of carbonyl (C=O) groups excluding carboxylic acids is 1. The molecule has 0 saturated heterocycles. The summed E-state index contributed by atoms with van der Waals surface area (Å²) in [5.41, 5.74) is 5.73. The van der Waals surface area contributed by atoms with E-state index < -0.39 is 17.6 Å². The molecule has 0 bridgehead atoms. The van der Waals surface area contributed by atoms with Crippen molar-refractivity contribution >= 4 is 16.8 Å². The number of amides is 1. The molecule has 0 spiro atoms. The number of primary amides is 1. The van der Waals surface area contributed by atoms with Crippen molar-refractivity contribution in [2.75, 3.05) is 0 Å². The molecule has 0 aliphatic heterocycles. The Balaban J connectivity index is 2.51. The highest BCUT2D eigenvalue weighted by Gasteiger charge is 2.34. The molecule has 24 heavy (non-hydrogen) atoms. The number of nitrogens with zero attached hydrogens (tertiary/aromatic N) is 1. The second-order valence-corrected chi connectivity index (χ2v) is 5.38. The van der Waals surface area contributed by atoms with Crippen LogP contribution in [0.25, 0.3) is 22.0 Å². The minimum atomic E-state index is -4.54. The maximum absolute atomic E-state index is 13.3. The Kier molecular flexibility index (Phi) is 3.75. The van der Waals surface area contributed by atoms with E-state index in [4.69, 9.17) is 5.73 Å². The first-order valence-electron chi connectivity index (χ1n) is 7.16. The highest BCUT2D eigenvalue weighted by Crippen LogP contribution is 2.39. The molecule has 1 aromatic heterocycles. The number of para-hydroxylation sites is 1. The van der Waals surface area contributed by atoms with Crippen LogP contribution in [0.2, 0.25) is 0 Å². The summed E-state index contributed by atoms with van der Waals surface area (Å²) in [6.45, 7) is 1.49. The molecule has 1 heterocycles. The number of halogens is 3. The topological polar surface area (TPSA) is 56.0 Å². The van der Waals surface area contributed by atoms with Crippen LogP contribution in [0.1, 0.15) is 21.6 Å². The number of alkyl halides is 3. The summed E-state index contributed by atoms with van der Waals surface area (Å²) in [4.78, 5) is 15.9. The number of pyridine rings is 1. The van der Waals surface area contributed by atoms with Crippen molar-refractivity contribution in [3.05, 3.63) is 65.4 Å². The molecule has 3 nitrogen and oxygen atoms in total. The van der Waals surface area contributed by atoms with Crippen molar-refractivity contribution in [1.82, 2.24) is 4.98 Å². The predicted molar refractivity (Wildman–Crippen MR) is 85.4 cm³/mol. The summed E-state index contributed by atoms with van der Waals surface area (Å²) < 4.78 is 39.9. The molecule has 6 heteroatoms. The third-order valence-electron chi connectivity index (χ3n) is 3.81. The predicted octanol–water partition coefficient (Wildman–Crippen LogP) is 4.33. The summed E-state index contributed by atoms with van der Waals surface area (Å²) in [5, 5.41) is 0.246. The van der Waals surface area contributed by atoms with Crippen molar-refractivity contribution in [3.63, 3.8) is 0 Å². The molecule has 0 unspecified atom stereocenters. The molecule has 0 fully saturated rings. The fraction of sp³-hybridized carbons (Fsp3) is 0.111. The average Bonchev–Trinajstić information content (AvgIpc) is 2.52. The van der Waals surface area contributed by atoms with E-state index >= 15 is 0 Å². The Labute approximate surface area is 135 Å². The third-order valence-corrected chi connectivity index (χ3v) is 3.81. The van der Waals surface area contributed by atoms with Gasteiger partial charge < -0.3 is 5.73 Å². The molecule has 2 N–H and O–H groups in total. The number of aromatic nitrogens is 1. The van der Waals surface area contributed by atoms with Gasteiger partial charge in [0.05, 0.1) is 22.3 Å². The molecule has 0 atom stereocenters. The number of rotatable bonds is 2. The van der Waals surface area contributed by atoms with Gasteiger partial charge in [-0.2, -0.15) is 13.2 Å². The van der Waals surface area contributed by atoms with Crippen molar-refractivity contribution in [3.8, 4) is 11.1 Å². The van der Waals surface area contributed by atoms with Gasteiger partial charge in [0.15, 0.2) is 0 Å². The first-order valence-corrected chi connectivity index (χ1v) is 7.16. The Bertz CT molecular complexity index is 934. The summed E-state index contributed by atoms with van der Waals surface area (Å²) >= 11 is 0. The van der Waals surface area contributed by atoms with Crippen LogP contribution in [0, 0.1) is 6.92 Å². The summed E-state index contributed by atoms with van der Waals surface area (Å²) in [6, 6.07) is 12.5. The lowest BCUT2D eigenvalue weighted by Gasteiger charge is -2.16. The quantitative estimate of drug-likeness (QED) is 0.760. The molecular formula is C18H13F3N2O. The monoisotopic (exact) mass is 330 g/mol. The number of carbonyl (C=O) groups is 1. The van der Waals surface area contributed by atoms with Crippen LogP contribution in [-0.4, -0.2) is 10.9 Å². The third kappa shape index (κ3) is 2.60. The zero-order valence-electron chi connectivity index (χ0n) is 12.7. The normalized spacial score (nSPS) is 11.7. The van der Waals surface area contributed by atoms with Gasteiger partial charge in [-0.25, -0.2) is 0 Å². The van der Waals surface area contributed by atoms with Crippen LogP contribution in [0.3, 0.4) is 0 Å². The lowest BCUT2D eigenvalue weighted by molar-refractivity contribution is -0.136. The number of hydrogen-bond donors (Lipinski definition) is 1. The van der Waals surface area contributed by atoms with Gasteiger partial charge in [-0.15, -0.1) is 0 Å². The largest absolute Gasteiger partial charge is 0.418 e. The highest BCUT2D eigenvalue weighted by atomic mass is 19.4. The van der Waals surface area contributed by atoms with Crippen LogP contribution in [0.4, 0.5) is 13.2 Å². The lowest BCUT2D eigenvalue weighted by atomic mass is 9.92. The molecule has 0 aliphatic carbocycles. The molecular weight excluding hydrogens is 317 g/mol. The lowest BCUT2D eigenvalue weighted by Crippen LogP contribution is -2.16. The summed E-state index contributed by atoms with van der Waals surface area (Å²) in [6.07, 6.45) is -4.54. The molecule has 122 valence electrons. The average molecular weight is 330 g/mol. The van der Waals surface area contributed by atoms with E-state index in [1.54, 1.807) is 30.3 Å². The Morgan fingerprint density at radius 2 is 1.71 bits per heavy atom. The Morgan fingerprint density at radius 1 is 1.04 bits per heavy atom. The maximum Gasteiger partial charge on any atom is 0.418 e. The molecule has 0 saturated carbocycles. The molecule has 1 amide bonds. The van der Waals surface area contributed by atoms with E-state index in [0.717, 1.165) is 6.07 Å². The van der Waals surface area contributed by atoms with Gasteiger partial charge in [0.1, 0.15) is 0 Å². The fourth-order valence-electron chi connectivity index (χ4n) is 2.84. The number of hydrogen-bond acceptors (Lipinski definition) is 2. The Hall–Kier alpha value is -2.89. The fourth-order valence-corrected chi connectivity index (χ4v) is 2.84. The molecule has 2 aromatic carbocycles. The van der Waals surface area contributed by atoms with Gasteiger partial charge in [0.2, 0.25) is 0 Å². The number of nitrogens with two attached hydrogens (primary N) is 1. The van der Waals surface area contributed by atoms with E-state index in [-0.39, 0.29) is 22.2 Å². The second kappa shape index (κ2) is 5.63. The SMILES string of the molecule is Cc1nc2c(C(F)(F)F)cccc2c(-c2ccccc2)c1C(N)=O. The van der Waals surface area contributed by atoms with Gasteiger partial charge in [-0.1, -0.05) is 42.5 Å². The van der Waals surface area contributed by atoms with Gasteiger partial charge in [0, 0.05) is 10.9 Å². The minimum absolute atomic E-state index is 0.132. The highest BCUT2D eigenvalue weighted by molar-refractivity contribution is 6.09. The van der Waals surface area contributed by atoms with Gasteiger partial charge in [-0.05, 0) is 18.6 Å². The van der Waals surface area contributed by atoms with E-state index in [2.05, 4.69) is 4.98 Å². The van der Waals surface area contributed by atoms with Gasteiger partial charge in [-0.3, -0.25) is 9.78 Å². The van der Waals surface area contributed by atoms with Crippen LogP contribution in [-0.2, 0) is 6.18 Å². The van der Waals surface area contributed by atoms with Crippen molar-refractivity contribution in [2.45, 2.75) is 13.1 Å². The smallest absolute Gasteiger partial charge is 0.366 e. The number of fused-ring (bicyclic) bond motifs is 1. The summed E-state index contributed by atoms with van der Waals surface area (Å²) in [7, 11) is 0. The van der Waals surface area contributed by atoms with Crippen LogP contribution >= 0.6 is 0 Å². The zero-order valence-corrected chi connectivity index (χ0v) is 12.7. The Morgan fingerprint density at radius 3 is 2.29 bits per heavy atom. The van der Waals surface area contributed by atoms with Crippen LogP contribution in [0.5, 0.6) is 0 Å². The van der Waals surface area contributed by atoms with E-state index in [1.165, 1.54) is 19.1 Å². The van der Waals surface area contributed by atoms with Gasteiger partial charge >= 0.3 is 6.18 Å². The molecule has 0 aliphatic rings. The van der Waals surface area contributed by atoms with E-state index in [1.807, 2.05) is 0 Å². The maximum atomic E-state index is 13.3. The molecule has 3 rings (SSSR count). The summed E-state index contributed by atoms with van der Waals surface area (Å²) in [5.74, 6) is -0.724. The van der Waals surface area contributed by atoms with Crippen molar-refractivity contribution < 1.29 is 18.0 Å². The van der Waals surface area contributed by atoms with Crippen LogP contribution in [0.15, 0.2) is 48.5 Å². The van der Waals surface area contributed by atoms with E-state index in [0.29, 0.717) is 11.1 Å². The van der Waals surface area contributed by atoms with Crippen molar-refractivity contribution in [2.24, 2.45) is 5.73 Å². The zero-order chi connectivity index (χ0) is 17.5. The molecule has 0 radical (unpaired) electrons. The molecule has 3 aromatic rings. The van der Waals surface area contributed by atoms with Gasteiger partial charge in [0.25, 0.3) is 5.91 Å². The first kappa shape index (κ1) is 16.0. The number of benzene rings is 2. The first-order chi connectivity index (χ1) is 11.3.